The average molecular weight is 314 g/mol. The number of hydrogen-bond acceptors (Lipinski definition) is 2. The van der Waals surface area contributed by atoms with Crippen molar-refractivity contribution in [3.63, 3.8) is 0 Å². The molecule has 0 spiro atoms. The fraction of sp³-hybridized carbons (Fsp3) is 0.438. The first kappa shape index (κ1) is 17.7. The quantitative estimate of drug-likeness (QED) is 0.818. The van der Waals surface area contributed by atoms with Gasteiger partial charge in [0.2, 0.25) is 5.91 Å². The van der Waals surface area contributed by atoms with E-state index in [0.29, 0.717) is 12.0 Å². The van der Waals surface area contributed by atoms with Crippen LogP contribution in [-0.2, 0) is 4.79 Å². The number of amides is 1. The topological polar surface area (TPSA) is 49.3 Å². The predicted octanol–water partition coefficient (Wildman–Crippen LogP) is 3.41. The highest BCUT2D eigenvalue weighted by Gasteiger charge is 2.24. The number of aliphatic hydroxyl groups is 1. The Labute approximate surface area is 129 Å². The zero-order valence-corrected chi connectivity index (χ0v) is 13.2. The third-order valence-electron chi connectivity index (χ3n) is 3.15. The van der Waals surface area contributed by atoms with E-state index in [9.17, 15) is 9.18 Å². The van der Waals surface area contributed by atoms with Crippen LogP contribution in [0.3, 0.4) is 0 Å². The smallest absolute Gasteiger partial charge is 0.244 e. The molecule has 1 unspecified atom stereocenters. The largest absolute Gasteiger partial charge is 0.396 e. The number of benzene rings is 1. The normalized spacial score (nSPS) is 13.4. The van der Waals surface area contributed by atoms with Crippen molar-refractivity contribution in [2.24, 2.45) is 5.41 Å². The number of carbonyl (C=O) groups excluding carboxylic acids is 1. The minimum Gasteiger partial charge on any atom is -0.396 e. The Balaban J connectivity index is 2.71. The van der Waals surface area contributed by atoms with Gasteiger partial charge < -0.3 is 10.4 Å². The number of carbonyl (C=O) groups is 1. The highest BCUT2D eigenvalue weighted by Crippen LogP contribution is 2.21. The third-order valence-corrected chi connectivity index (χ3v) is 3.44. The van der Waals surface area contributed by atoms with Crippen LogP contribution in [0.2, 0.25) is 5.02 Å². The molecule has 1 amide bonds. The first-order chi connectivity index (χ1) is 9.74. The van der Waals surface area contributed by atoms with Gasteiger partial charge in [0.05, 0.1) is 5.02 Å². The van der Waals surface area contributed by atoms with Gasteiger partial charge in [0.1, 0.15) is 5.82 Å². The summed E-state index contributed by atoms with van der Waals surface area (Å²) >= 11 is 5.68. The van der Waals surface area contributed by atoms with E-state index < -0.39 is 5.82 Å². The molecule has 3 nitrogen and oxygen atoms in total. The number of nitrogens with one attached hydrogen (secondary N) is 1. The standard InChI is InChI=1S/C16H21ClFNO2/c1-16(2,3)14(8-9-20)19-15(21)7-5-11-4-6-13(18)12(17)10-11/h4-7,10,14,20H,8-9H2,1-3H3,(H,19,21)/b7-5+. The molecule has 0 aliphatic carbocycles. The maximum atomic E-state index is 13.0. The Morgan fingerprint density at radius 1 is 1.48 bits per heavy atom. The molecule has 116 valence electrons. The summed E-state index contributed by atoms with van der Waals surface area (Å²) in [5.74, 6) is -0.752. The molecule has 0 saturated carbocycles. The third kappa shape index (κ3) is 5.86. The molecule has 0 aromatic heterocycles. The van der Waals surface area contributed by atoms with E-state index in [1.165, 1.54) is 18.2 Å². The second-order valence-corrected chi connectivity index (χ2v) is 6.35. The molecule has 1 atom stereocenters. The van der Waals surface area contributed by atoms with Crippen molar-refractivity contribution in [1.29, 1.82) is 0 Å². The molecule has 5 heteroatoms. The van der Waals surface area contributed by atoms with Gasteiger partial charge in [-0.25, -0.2) is 4.39 Å². The molecule has 0 aliphatic rings. The monoisotopic (exact) mass is 313 g/mol. The van der Waals surface area contributed by atoms with Crippen molar-refractivity contribution in [3.05, 3.63) is 40.7 Å². The van der Waals surface area contributed by atoms with Crippen molar-refractivity contribution in [2.45, 2.75) is 33.2 Å². The van der Waals surface area contributed by atoms with E-state index in [2.05, 4.69) is 5.32 Å². The van der Waals surface area contributed by atoms with Crippen LogP contribution >= 0.6 is 11.6 Å². The molecular formula is C16H21ClFNO2. The van der Waals surface area contributed by atoms with E-state index in [-0.39, 0.29) is 29.0 Å². The first-order valence-corrected chi connectivity index (χ1v) is 7.16. The molecule has 0 heterocycles. The van der Waals surface area contributed by atoms with E-state index in [1.807, 2.05) is 20.8 Å². The van der Waals surface area contributed by atoms with E-state index in [0.717, 1.165) is 0 Å². The lowest BCUT2D eigenvalue weighted by Crippen LogP contribution is -2.43. The fourth-order valence-corrected chi connectivity index (χ4v) is 2.05. The summed E-state index contributed by atoms with van der Waals surface area (Å²) in [5.41, 5.74) is 0.497. The van der Waals surface area contributed by atoms with Gasteiger partial charge in [-0.2, -0.15) is 0 Å². The molecule has 1 aromatic carbocycles. The predicted molar refractivity (Wildman–Crippen MR) is 83.5 cm³/mol. The Morgan fingerprint density at radius 3 is 2.67 bits per heavy atom. The van der Waals surface area contributed by atoms with E-state index >= 15 is 0 Å². The Morgan fingerprint density at radius 2 is 2.14 bits per heavy atom. The second kappa shape index (κ2) is 7.57. The molecule has 2 N–H and O–H groups in total. The minimum absolute atomic E-state index is 0.0134. The summed E-state index contributed by atoms with van der Waals surface area (Å²) in [7, 11) is 0. The summed E-state index contributed by atoms with van der Waals surface area (Å²) in [5, 5.41) is 11.9. The summed E-state index contributed by atoms with van der Waals surface area (Å²) in [4.78, 5) is 11.9. The van der Waals surface area contributed by atoms with E-state index in [4.69, 9.17) is 16.7 Å². The molecule has 0 bridgehead atoms. The summed E-state index contributed by atoms with van der Waals surface area (Å²) in [6, 6.07) is 4.12. The molecule has 0 aliphatic heterocycles. The van der Waals surface area contributed by atoms with Crippen LogP contribution in [-0.4, -0.2) is 23.7 Å². The maximum absolute atomic E-state index is 13.0. The molecular weight excluding hydrogens is 293 g/mol. The second-order valence-electron chi connectivity index (χ2n) is 5.95. The first-order valence-electron chi connectivity index (χ1n) is 6.78. The van der Waals surface area contributed by atoms with Crippen LogP contribution in [0, 0.1) is 11.2 Å². The van der Waals surface area contributed by atoms with Crippen LogP contribution in [0.4, 0.5) is 4.39 Å². The maximum Gasteiger partial charge on any atom is 0.244 e. The highest BCUT2D eigenvalue weighted by molar-refractivity contribution is 6.30. The van der Waals surface area contributed by atoms with Crippen LogP contribution in [0.5, 0.6) is 0 Å². The van der Waals surface area contributed by atoms with Crippen LogP contribution < -0.4 is 5.32 Å². The zero-order valence-electron chi connectivity index (χ0n) is 12.5. The van der Waals surface area contributed by atoms with Crippen LogP contribution in [0.1, 0.15) is 32.8 Å². The number of aliphatic hydroxyl groups excluding tert-OH is 1. The van der Waals surface area contributed by atoms with Crippen LogP contribution in [0.25, 0.3) is 6.08 Å². The molecule has 1 aromatic rings. The van der Waals surface area contributed by atoms with Gasteiger partial charge in [-0.05, 0) is 35.6 Å². The van der Waals surface area contributed by atoms with Crippen molar-refractivity contribution < 1.29 is 14.3 Å². The highest BCUT2D eigenvalue weighted by atomic mass is 35.5. The Hall–Kier alpha value is -1.39. The molecule has 0 saturated heterocycles. The molecule has 21 heavy (non-hydrogen) atoms. The lowest BCUT2D eigenvalue weighted by Gasteiger charge is -2.30. The minimum atomic E-state index is -0.492. The fourth-order valence-electron chi connectivity index (χ4n) is 1.86. The number of hydrogen-bond donors (Lipinski definition) is 2. The van der Waals surface area contributed by atoms with Crippen molar-refractivity contribution in [2.75, 3.05) is 6.61 Å². The average Bonchev–Trinajstić information content (AvgIpc) is 2.38. The van der Waals surface area contributed by atoms with Crippen LogP contribution in [0.15, 0.2) is 24.3 Å². The summed E-state index contributed by atoms with van der Waals surface area (Å²) in [6.45, 7) is 6.00. The SMILES string of the molecule is CC(C)(C)C(CCO)NC(=O)/C=C/c1ccc(F)c(Cl)c1. The van der Waals surface area contributed by atoms with Crippen molar-refractivity contribution in [3.8, 4) is 0 Å². The Kier molecular flexibility index (Phi) is 6.37. The van der Waals surface area contributed by atoms with Gasteiger partial charge >= 0.3 is 0 Å². The lowest BCUT2D eigenvalue weighted by atomic mass is 9.85. The van der Waals surface area contributed by atoms with Gasteiger partial charge in [-0.15, -0.1) is 0 Å². The Bertz CT molecular complexity index is 523. The van der Waals surface area contributed by atoms with Gasteiger partial charge in [-0.3, -0.25) is 4.79 Å². The molecule has 0 fully saturated rings. The number of rotatable bonds is 5. The summed E-state index contributed by atoms with van der Waals surface area (Å²) in [6.07, 6.45) is 3.43. The molecule has 1 rings (SSSR count). The number of halogens is 2. The lowest BCUT2D eigenvalue weighted by molar-refractivity contribution is -0.118. The van der Waals surface area contributed by atoms with Gasteiger partial charge in [-0.1, -0.05) is 38.4 Å². The summed E-state index contributed by atoms with van der Waals surface area (Å²) < 4.78 is 13.0. The molecule has 0 radical (unpaired) electrons. The van der Waals surface area contributed by atoms with Crippen molar-refractivity contribution in [1.82, 2.24) is 5.32 Å². The van der Waals surface area contributed by atoms with Gasteiger partial charge in [0, 0.05) is 18.7 Å². The van der Waals surface area contributed by atoms with E-state index in [1.54, 1.807) is 12.1 Å². The van der Waals surface area contributed by atoms with Crippen molar-refractivity contribution >= 4 is 23.6 Å². The van der Waals surface area contributed by atoms with Gasteiger partial charge in [0.25, 0.3) is 0 Å². The van der Waals surface area contributed by atoms with Gasteiger partial charge in [0.15, 0.2) is 0 Å². The zero-order chi connectivity index (χ0) is 16.0.